The van der Waals surface area contributed by atoms with E-state index in [0.29, 0.717) is 39.3 Å². The van der Waals surface area contributed by atoms with E-state index in [0.717, 1.165) is 0 Å². The van der Waals surface area contributed by atoms with Gasteiger partial charge < -0.3 is 14.2 Å². The molecule has 156 valence electrons. The molecule has 4 aromatic rings. The van der Waals surface area contributed by atoms with Crippen LogP contribution < -0.4 is 5.32 Å². The normalized spacial score (nSPS) is 11.8. The van der Waals surface area contributed by atoms with Crippen molar-refractivity contribution < 1.29 is 18.4 Å². The van der Waals surface area contributed by atoms with Crippen molar-refractivity contribution in [3.8, 4) is 22.9 Å². The second-order valence-corrected chi connectivity index (χ2v) is 7.94. The van der Waals surface area contributed by atoms with Crippen LogP contribution in [0.3, 0.4) is 0 Å². The van der Waals surface area contributed by atoms with Crippen molar-refractivity contribution in [2.24, 2.45) is 0 Å². The number of ketones is 1. The molecule has 0 fully saturated rings. The van der Waals surface area contributed by atoms with E-state index in [4.69, 9.17) is 8.83 Å². The fraction of sp³-hybridized carbons (Fsp3) is 0.136. The third kappa shape index (κ3) is 4.72. The lowest BCUT2D eigenvalue weighted by molar-refractivity contribution is -0.115. The maximum absolute atomic E-state index is 12.6. The van der Waals surface area contributed by atoms with Crippen LogP contribution in [-0.4, -0.2) is 32.1 Å². The summed E-state index contributed by atoms with van der Waals surface area (Å²) >= 11 is 1.17. The Balaban J connectivity index is 1.51. The molecule has 4 rings (SSSR count). The fourth-order valence-electron chi connectivity index (χ4n) is 2.77. The number of furan rings is 2. The molecule has 1 atom stereocenters. The van der Waals surface area contributed by atoms with E-state index < -0.39 is 5.25 Å². The zero-order chi connectivity index (χ0) is 21.8. The Labute approximate surface area is 182 Å². The van der Waals surface area contributed by atoms with Crippen LogP contribution in [0.1, 0.15) is 24.2 Å². The van der Waals surface area contributed by atoms with Crippen molar-refractivity contribution in [3.63, 3.8) is 0 Å². The Morgan fingerprint density at radius 3 is 2.16 bits per heavy atom. The highest BCUT2D eigenvalue weighted by atomic mass is 32.2. The van der Waals surface area contributed by atoms with Gasteiger partial charge in [-0.1, -0.05) is 11.8 Å². The average molecular weight is 434 g/mol. The number of hydrogen-bond donors (Lipinski definition) is 1. The summed E-state index contributed by atoms with van der Waals surface area (Å²) in [6, 6.07) is 13.8. The monoisotopic (exact) mass is 434 g/mol. The predicted octanol–water partition coefficient (Wildman–Crippen LogP) is 4.71. The van der Waals surface area contributed by atoms with Gasteiger partial charge in [0.15, 0.2) is 23.0 Å². The molecule has 0 aliphatic carbocycles. The van der Waals surface area contributed by atoms with Crippen molar-refractivity contribution in [2.45, 2.75) is 24.3 Å². The molecule has 3 aromatic heterocycles. The van der Waals surface area contributed by atoms with Gasteiger partial charge in [0.2, 0.25) is 11.1 Å². The van der Waals surface area contributed by atoms with Crippen LogP contribution in [0.2, 0.25) is 0 Å². The summed E-state index contributed by atoms with van der Waals surface area (Å²) in [4.78, 5) is 28.5. The number of nitrogens with one attached hydrogen (secondary N) is 1. The molecule has 9 heteroatoms. The number of benzene rings is 1. The highest BCUT2D eigenvalue weighted by molar-refractivity contribution is 8.00. The molecule has 0 aliphatic heterocycles. The van der Waals surface area contributed by atoms with E-state index >= 15 is 0 Å². The first-order valence-corrected chi connectivity index (χ1v) is 10.3. The molecular formula is C22H18N4O4S. The third-order valence-corrected chi connectivity index (χ3v) is 5.34. The summed E-state index contributed by atoms with van der Waals surface area (Å²) in [5.74, 6) is 0.782. The summed E-state index contributed by atoms with van der Waals surface area (Å²) in [7, 11) is 0. The number of hydrogen-bond acceptors (Lipinski definition) is 8. The van der Waals surface area contributed by atoms with Gasteiger partial charge in [0, 0.05) is 11.3 Å². The minimum Gasteiger partial charge on any atom is -0.463 e. The van der Waals surface area contributed by atoms with Crippen molar-refractivity contribution in [1.82, 2.24) is 15.2 Å². The number of carbonyl (C=O) groups is 2. The maximum atomic E-state index is 12.6. The Hall–Kier alpha value is -3.72. The molecule has 0 saturated heterocycles. The van der Waals surface area contributed by atoms with Crippen LogP contribution in [-0.2, 0) is 4.79 Å². The van der Waals surface area contributed by atoms with Gasteiger partial charge >= 0.3 is 0 Å². The van der Waals surface area contributed by atoms with Crippen LogP contribution in [0, 0.1) is 0 Å². The van der Waals surface area contributed by atoms with Crippen molar-refractivity contribution >= 4 is 29.1 Å². The van der Waals surface area contributed by atoms with Gasteiger partial charge in [0.25, 0.3) is 0 Å². The van der Waals surface area contributed by atoms with Crippen molar-refractivity contribution in [2.75, 3.05) is 5.32 Å². The molecule has 3 heterocycles. The van der Waals surface area contributed by atoms with Crippen molar-refractivity contribution in [1.29, 1.82) is 0 Å². The van der Waals surface area contributed by atoms with E-state index in [1.165, 1.54) is 18.7 Å². The molecule has 8 nitrogen and oxygen atoms in total. The standard InChI is InChI=1S/C22H18N4O4S/c1-13(27)15-7-9-16(10-8-15)23-21(28)14(2)31-22-24-19(17-5-3-11-29-17)20(25-26-22)18-6-4-12-30-18/h3-12,14H,1-2H3,(H,23,28). The van der Waals surface area contributed by atoms with Gasteiger partial charge in [-0.05, 0) is 62.4 Å². The predicted molar refractivity (Wildman–Crippen MR) is 116 cm³/mol. The largest absolute Gasteiger partial charge is 0.463 e. The number of aromatic nitrogens is 3. The third-order valence-electron chi connectivity index (χ3n) is 4.39. The topological polar surface area (TPSA) is 111 Å². The summed E-state index contributed by atoms with van der Waals surface area (Å²) in [6.45, 7) is 3.24. The van der Waals surface area contributed by atoms with Gasteiger partial charge in [-0.15, -0.1) is 10.2 Å². The molecule has 1 amide bonds. The van der Waals surface area contributed by atoms with Gasteiger partial charge in [-0.25, -0.2) is 4.98 Å². The lowest BCUT2D eigenvalue weighted by atomic mass is 10.1. The molecule has 0 radical (unpaired) electrons. The van der Waals surface area contributed by atoms with Crippen LogP contribution in [0.25, 0.3) is 22.9 Å². The maximum Gasteiger partial charge on any atom is 0.237 e. The second kappa shape index (κ2) is 8.97. The number of nitrogens with zero attached hydrogens (tertiary/aromatic N) is 3. The summed E-state index contributed by atoms with van der Waals surface area (Å²) in [5.41, 5.74) is 2.12. The van der Waals surface area contributed by atoms with E-state index in [2.05, 4.69) is 20.5 Å². The smallest absolute Gasteiger partial charge is 0.237 e. The van der Waals surface area contributed by atoms with E-state index in [-0.39, 0.29) is 11.7 Å². The Morgan fingerprint density at radius 2 is 1.58 bits per heavy atom. The summed E-state index contributed by atoms with van der Waals surface area (Å²) in [6.07, 6.45) is 3.09. The number of carbonyl (C=O) groups excluding carboxylic acids is 2. The van der Waals surface area contributed by atoms with Crippen LogP contribution in [0.15, 0.2) is 75.0 Å². The molecule has 1 unspecified atom stereocenters. The Kier molecular flexibility index (Phi) is 5.94. The number of rotatable bonds is 7. The molecule has 1 aromatic carbocycles. The van der Waals surface area contributed by atoms with Gasteiger partial charge in [0.1, 0.15) is 5.69 Å². The highest BCUT2D eigenvalue weighted by Crippen LogP contribution is 2.31. The van der Waals surface area contributed by atoms with E-state index in [1.54, 1.807) is 68.0 Å². The number of amides is 1. The lowest BCUT2D eigenvalue weighted by Gasteiger charge is -2.12. The van der Waals surface area contributed by atoms with Gasteiger partial charge in [-0.2, -0.15) is 0 Å². The first-order valence-electron chi connectivity index (χ1n) is 9.42. The summed E-state index contributed by atoms with van der Waals surface area (Å²) < 4.78 is 10.9. The van der Waals surface area contributed by atoms with Gasteiger partial charge in [0.05, 0.1) is 17.8 Å². The first kappa shape index (κ1) is 20.5. The fourth-order valence-corrected chi connectivity index (χ4v) is 3.48. The zero-order valence-corrected chi connectivity index (χ0v) is 17.6. The molecule has 0 aliphatic rings. The minimum atomic E-state index is -0.492. The number of Topliss-reactive ketones (excluding diaryl/α,β-unsaturated/α-hetero) is 1. The zero-order valence-electron chi connectivity index (χ0n) is 16.7. The molecular weight excluding hydrogens is 416 g/mol. The second-order valence-electron chi connectivity index (χ2n) is 6.63. The quantitative estimate of drug-likeness (QED) is 0.329. The van der Waals surface area contributed by atoms with E-state index in [1.807, 2.05) is 0 Å². The van der Waals surface area contributed by atoms with Gasteiger partial charge in [-0.3, -0.25) is 9.59 Å². The average Bonchev–Trinajstić information content (AvgIpc) is 3.48. The van der Waals surface area contributed by atoms with Crippen molar-refractivity contribution in [3.05, 3.63) is 66.6 Å². The molecule has 31 heavy (non-hydrogen) atoms. The molecule has 0 saturated carbocycles. The minimum absolute atomic E-state index is 0.0307. The van der Waals surface area contributed by atoms with E-state index in [9.17, 15) is 9.59 Å². The number of anilines is 1. The highest BCUT2D eigenvalue weighted by Gasteiger charge is 2.21. The van der Waals surface area contributed by atoms with Crippen LogP contribution in [0.4, 0.5) is 5.69 Å². The Bertz CT molecular complexity index is 1190. The lowest BCUT2D eigenvalue weighted by Crippen LogP contribution is -2.22. The van der Waals surface area contributed by atoms with Crippen LogP contribution in [0.5, 0.6) is 0 Å². The number of thioether (sulfide) groups is 1. The Morgan fingerprint density at radius 1 is 0.935 bits per heavy atom. The van der Waals surface area contributed by atoms with Crippen LogP contribution >= 0.6 is 11.8 Å². The molecule has 0 spiro atoms. The summed E-state index contributed by atoms with van der Waals surface area (Å²) in [5, 5.41) is 11.1. The first-order chi connectivity index (χ1) is 15.0. The SMILES string of the molecule is CC(=O)c1ccc(NC(=O)C(C)Sc2nnc(-c3ccco3)c(-c3ccco3)n2)cc1. The molecule has 1 N–H and O–H groups in total. The molecule has 0 bridgehead atoms.